The summed E-state index contributed by atoms with van der Waals surface area (Å²) < 4.78 is 5.22. The third kappa shape index (κ3) is 4.13. The van der Waals surface area contributed by atoms with Crippen LogP contribution in [0.15, 0.2) is 18.2 Å². The van der Waals surface area contributed by atoms with Gasteiger partial charge < -0.3 is 15.8 Å². The zero-order chi connectivity index (χ0) is 13.7. The fourth-order valence-corrected chi connectivity index (χ4v) is 2.32. The Hall–Kier alpha value is -1.38. The van der Waals surface area contributed by atoms with Crippen LogP contribution in [0.5, 0.6) is 5.75 Å². The van der Waals surface area contributed by atoms with Crippen LogP contribution in [-0.2, 0) is 0 Å². The predicted octanol–water partition coefficient (Wildman–Crippen LogP) is 3.62. The summed E-state index contributed by atoms with van der Waals surface area (Å²) in [4.78, 5) is 0. The molecule has 0 aliphatic carbocycles. The van der Waals surface area contributed by atoms with Gasteiger partial charge in [0, 0.05) is 30.1 Å². The Morgan fingerprint density at radius 1 is 1.11 bits per heavy atom. The second-order valence-corrected chi connectivity index (χ2v) is 5.53. The monoisotopic (exact) mass is 250 g/mol. The lowest BCUT2D eigenvalue weighted by molar-refractivity contribution is 0.304. The Morgan fingerprint density at radius 3 is 2.22 bits per heavy atom. The Balaban J connectivity index is 2.70. The second kappa shape index (κ2) is 6.53. The number of anilines is 2. The van der Waals surface area contributed by atoms with E-state index in [4.69, 9.17) is 10.5 Å². The molecule has 0 spiro atoms. The lowest BCUT2D eigenvalue weighted by Crippen LogP contribution is -2.24. The highest BCUT2D eigenvalue weighted by Gasteiger charge is 2.17. The molecule has 0 heterocycles. The average Bonchev–Trinajstić information content (AvgIpc) is 2.27. The van der Waals surface area contributed by atoms with Gasteiger partial charge in [0.1, 0.15) is 5.75 Å². The van der Waals surface area contributed by atoms with E-state index in [0.29, 0.717) is 17.8 Å². The van der Waals surface area contributed by atoms with Crippen molar-refractivity contribution in [2.75, 3.05) is 24.7 Å². The van der Waals surface area contributed by atoms with Crippen molar-refractivity contribution in [2.24, 2.45) is 17.8 Å². The Bertz CT molecular complexity index is 367. The molecule has 0 aliphatic heterocycles. The van der Waals surface area contributed by atoms with Crippen LogP contribution >= 0.6 is 0 Å². The largest absolute Gasteiger partial charge is 0.497 e. The van der Waals surface area contributed by atoms with Crippen LogP contribution in [0.2, 0.25) is 0 Å². The molecule has 0 unspecified atom stereocenters. The van der Waals surface area contributed by atoms with E-state index in [2.05, 4.69) is 33.0 Å². The number of methoxy groups -OCH3 is 1. The van der Waals surface area contributed by atoms with Gasteiger partial charge in [0.25, 0.3) is 0 Å². The van der Waals surface area contributed by atoms with E-state index in [1.807, 2.05) is 18.2 Å². The molecular formula is C15H26N2O. The van der Waals surface area contributed by atoms with Gasteiger partial charge in [-0.15, -0.1) is 0 Å². The summed E-state index contributed by atoms with van der Waals surface area (Å²) in [6.07, 6.45) is 0. The van der Waals surface area contributed by atoms with Crippen LogP contribution in [0.4, 0.5) is 11.4 Å². The third-order valence-electron chi connectivity index (χ3n) is 3.42. The lowest BCUT2D eigenvalue weighted by atomic mass is 9.85. The number of ether oxygens (including phenoxy) is 1. The zero-order valence-electron chi connectivity index (χ0n) is 12.2. The van der Waals surface area contributed by atoms with E-state index < -0.39 is 0 Å². The van der Waals surface area contributed by atoms with Gasteiger partial charge in [-0.1, -0.05) is 27.7 Å². The third-order valence-corrected chi connectivity index (χ3v) is 3.42. The number of rotatable bonds is 6. The molecule has 0 saturated carbocycles. The number of nitrogens with two attached hydrogens (primary N) is 1. The smallest absolute Gasteiger partial charge is 0.122 e. The standard InChI is InChI=1S/C15H26N2O/c1-10(2)15(11(3)4)9-17-13-6-12(16)7-14(8-13)18-5/h6-8,10-11,15,17H,9,16H2,1-5H3. The molecule has 3 heteroatoms. The van der Waals surface area contributed by atoms with Crippen LogP contribution in [0.3, 0.4) is 0 Å². The van der Waals surface area contributed by atoms with Crippen molar-refractivity contribution < 1.29 is 4.74 Å². The topological polar surface area (TPSA) is 47.3 Å². The summed E-state index contributed by atoms with van der Waals surface area (Å²) >= 11 is 0. The number of benzene rings is 1. The van der Waals surface area contributed by atoms with Crippen molar-refractivity contribution in [1.82, 2.24) is 0 Å². The van der Waals surface area contributed by atoms with Gasteiger partial charge in [-0.05, 0) is 23.8 Å². The number of hydrogen-bond acceptors (Lipinski definition) is 3. The number of hydrogen-bond donors (Lipinski definition) is 2. The fourth-order valence-electron chi connectivity index (χ4n) is 2.32. The molecule has 0 aromatic heterocycles. The first-order chi connectivity index (χ1) is 8.43. The highest BCUT2D eigenvalue weighted by atomic mass is 16.5. The van der Waals surface area contributed by atoms with E-state index in [1.165, 1.54) is 0 Å². The minimum absolute atomic E-state index is 0.650. The molecule has 18 heavy (non-hydrogen) atoms. The maximum absolute atomic E-state index is 5.84. The summed E-state index contributed by atoms with van der Waals surface area (Å²) in [5.41, 5.74) is 7.59. The number of nitrogen functional groups attached to an aromatic ring is 1. The summed E-state index contributed by atoms with van der Waals surface area (Å²) in [5.74, 6) is 2.78. The quantitative estimate of drug-likeness (QED) is 0.758. The molecular weight excluding hydrogens is 224 g/mol. The first-order valence-corrected chi connectivity index (χ1v) is 6.62. The molecule has 0 amide bonds. The molecule has 3 nitrogen and oxygen atoms in total. The fraction of sp³-hybridized carbons (Fsp3) is 0.600. The Kier molecular flexibility index (Phi) is 5.32. The van der Waals surface area contributed by atoms with Gasteiger partial charge >= 0.3 is 0 Å². The maximum Gasteiger partial charge on any atom is 0.122 e. The molecule has 1 aromatic rings. The zero-order valence-corrected chi connectivity index (χ0v) is 12.2. The Morgan fingerprint density at radius 2 is 1.72 bits per heavy atom. The van der Waals surface area contributed by atoms with Crippen LogP contribution in [-0.4, -0.2) is 13.7 Å². The molecule has 0 radical (unpaired) electrons. The lowest BCUT2D eigenvalue weighted by Gasteiger charge is -2.25. The molecule has 0 aliphatic rings. The minimum Gasteiger partial charge on any atom is -0.497 e. The van der Waals surface area contributed by atoms with Crippen LogP contribution in [0.25, 0.3) is 0 Å². The first-order valence-electron chi connectivity index (χ1n) is 6.62. The highest BCUT2D eigenvalue weighted by Crippen LogP contribution is 2.25. The van der Waals surface area contributed by atoms with Gasteiger partial charge in [-0.3, -0.25) is 0 Å². The summed E-state index contributed by atoms with van der Waals surface area (Å²) in [6, 6.07) is 5.75. The van der Waals surface area contributed by atoms with Crippen molar-refractivity contribution in [3.8, 4) is 5.75 Å². The van der Waals surface area contributed by atoms with Crippen molar-refractivity contribution in [3.05, 3.63) is 18.2 Å². The van der Waals surface area contributed by atoms with Crippen LogP contribution in [0.1, 0.15) is 27.7 Å². The van der Waals surface area contributed by atoms with Gasteiger partial charge in [-0.2, -0.15) is 0 Å². The van der Waals surface area contributed by atoms with Crippen molar-refractivity contribution >= 4 is 11.4 Å². The first kappa shape index (κ1) is 14.7. The van der Waals surface area contributed by atoms with Gasteiger partial charge in [0.2, 0.25) is 0 Å². The predicted molar refractivity (Wildman–Crippen MR) is 79.1 cm³/mol. The Labute approximate surface area is 111 Å². The summed E-state index contributed by atoms with van der Waals surface area (Å²) in [5, 5.41) is 3.46. The molecule has 1 aromatic carbocycles. The van der Waals surface area contributed by atoms with Gasteiger partial charge in [0.15, 0.2) is 0 Å². The minimum atomic E-state index is 0.650. The van der Waals surface area contributed by atoms with Crippen molar-refractivity contribution in [3.63, 3.8) is 0 Å². The highest BCUT2D eigenvalue weighted by molar-refractivity contribution is 5.59. The van der Waals surface area contributed by atoms with Crippen molar-refractivity contribution in [2.45, 2.75) is 27.7 Å². The molecule has 0 bridgehead atoms. The van der Waals surface area contributed by atoms with Crippen LogP contribution in [0, 0.1) is 17.8 Å². The molecule has 3 N–H and O–H groups in total. The second-order valence-electron chi connectivity index (χ2n) is 5.53. The maximum atomic E-state index is 5.84. The van der Waals surface area contributed by atoms with E-state index in [1.54, 1.807) is 7.11 Å². The molecule has 1 rings (SSSR count). The molecule has 102 valence electrons. The van der Waals surface area contributed by atoms with E-state index in [9.17, 15) is 0 Å². The summed E-state index contributed by atoms with van der Waals surface area (Å²) in [6.45, 7) is 10.0. The average molecular weight is 250 g/mol. The SMILES string of the molecule is COc1cc(N)cc(NCC(C(C)C)C(C)C)c1. The van der Waals surface area contributed by atoms with E-state index in [-0.39, 0.29) is 0 Å². The van der Waals surface area contributed by atoms with E-state index >= 15 is 0 Å². The van der Waals surface area contributed by atoms with Crippen LogP contribution < -0.4 is 15.8 Å². The van der Waals surface area contributed by atoms with Gasteiger partial charge in [0.05, 0.1) is 7.11 Å². The molecule has 0 atom stereocenters. The van der Waals surface area contributed by atoms with E-state index in [0.717, 1.165) is 23.7 Å². The molecule has 0 saturated heterocycles. The normalized spacial score (nSPS) is 11.3. The van der Waals surface area contributed by atoms with Gasteiger partial charge in [-0.25, -0.2) is 0 Å². The number of nitrogens with one attached hydrogen (secondary N) is 1. The van der Waals surface area contributed by atoms with Crippen molar-refractivity contribution in [1.29, 1.82) is 0 Å². The molecule has 0 fully saturated rings. The summed E-state index contributed by atoms with van der Waals surface area (Å²) in [7, 11) is 1.66.